The number of halogens is 2. The van der Waals surface area contributed by atoms with Crippen LogP contribution in [0, 0.1) is 11.7 Å². The van der Waals surface area contributed by atoms with Crippen molar-refractivity contribution in [3.8, 4) is 5.75 Å². The molecule has 0 fully saturated rings. The molecule has 4 nitrogen and oxygen atoms in total. The summed E-state index contributed by atoms with van der Waals surface area (Å²) in [5.41, 5.74) is 3.44. The third kappa shape index (κ3) is 7.68. The van der Waals surface area contributed by atoms with E-state index in [1.807, 2.05) is 30.3 Å². The second-order valence-electron chi connectivity index (χ2n) is 7.66. The summed E-state index contributed by atoms with van der Waals surface area (Å²) in [4.78, 5) is 16.9. The Morgan fingerprint density at radius 3 is 2.55 bits per heavy atom. The fourth-order valence-corrected chi connectivity index (χ4v) is 3.15. The number of amides is 1. The van der Waals surface area contributed by atoms with Gasteiger partial charge in [-0.25, -0.2) is 4.39 Å². The molecule has 0 aliphatic rings. The molecule has 2 aromatic carbocycles. The van der Waals surface area contributed by atoms with Crippen molar-refractivity contribution in [1.82, 2.24) is 10.3 Å². The van der Waals surface area contributed by atoms with E-state index in [9.17, 15) is 9.18 Å². The molecule has 0 aliphatic carbocycles. The van der Waals surface area contributed by atoms with Gasteiger partial charge in [0.15, 0.2) is 0 Å². The molecule has 6 heteroatoms. The van der Waals surface area contributed by atoms with Gasteiger partial charge < -0.3 is 10.1 Å². The monoisotopic (exact) mass is 442 g/mol. The zero-order chi connectivity index (χ0) is 21.3. The van der Waals surface area contributed by atoms with Crippen LogP contribution in [0.5, 0.6) is 5.75 Å². The second kappa shape index (κ2) is 12.1. The number of carbonyl (C=O) groups excluding carboxylic acids is 1. The summed E-state index contributed by atoms with van der Waals surface area (Å²) in [6.45, 7) is 5.13. The Balaban J connectivity index is 0.00000341. The fraction of sp³-hybridized carbons (Fsp3) is 0.280. The molecule has 0 radical (unpaired) electrons. The van der Waals surface area contributed by atoms with Crippen molar-refractivity contribution < 1.29 is 13.9 Å². The van der Waals surface area contributed by atoms with E-state index < -0.39 is 0 Å². The van der Waals surface area contributed by atoms with Crippen LogP contribution >= 0.6 is 12.4 Å². The largest absolute Gasteiger partial charge is 0.489 e. The SMILES string of the molecule is CC(C)Cc1cc(C(=O)NCCc2ccccn2)ccc1OCc1ccc(F)cc1.Cl. The van der Waals surface area contributed by atoms with E-state index in [1.54, 1.807) is 24.4 Å². The van der Waals surface area contributed by atoms with Gasteiger partial charge in [-0.3, -0.25) is 9.78 Å². The lowest BCUT2D eigenvalue weighted by Gasteiger charge is -2.15. The Kier molecular flexibility index (Phi) is 9.47. The average molecular weight is 443 g/mol. The number of rotatable bonds is 9. The highest BCUT2D eigenvalue weighted by molar-refractivity contribution is 5.94. The van der Waals surface area contributed by atoms with E-state index >= 15 is 0 Å². The summed E-state index contributed by atoms with van der Waals surface area (Å²) in [5, 5.41) is 2.96. The minimum Gasteiger partial charge on any atom is -0.489 e. The van der Waals surface area contributed by atoms with Crippen molar-refractivity contribution >= 4 is 18.3 Å². The molecule has 3 aromatic rings. The molecule has 3 rings (SSSR count). The first-order chi connectivity index (χ1) is 14.5. The summed E-state index contributed by atoms with van der Waals surface area (Å²) in [6.07, 6.45) is 3.23. The lowest BCUT2D eigenvalue weighted by atomic mass is 9.99. The van der Waals surface area contributed by atoms with Gasteiger partial charge in [0.25, 0.3) is 5.91 Å². The Hall–Kier alpha value is -2.92. The predicted octanol–water partition coefficient (Wildman–Crippen LogP) is 5.39. The van der Waals surface area contributed by atoms with Gasteiger partial charge in [0.1, 0.15) is 18.2 Å². The molecule has 0 saturated heterocycles. The normalized spacial score (nSPS) is 10.5. The van der Waals surface area contributed by atoms with Crippen molar-refractivity contribution in [1.29, 1.82) is 0 Å². The Morgan fingerprint density at radius 1 is 1.10 bits per heavy atom. The molecule has 1 amide bonds. The van der Waals surface area contributed by atoms with Gasteiger partial charge >= 0.3 is 0 Å². The Labute approximate surface area is 189 Å². The average Bonchev–Trinajstić information content (AvgIpc) is 2.74. The first-order valence-electron chi connectivity index (χ1n) is 10.2. The number of carbonyl (C=O) groups is 1. The minimum atomic E-state index is -0.266. The maximum atomic E-state index is 13.1. The maximum Gasteiger partial charge on any atom is 0.251 e. The highest BCUT2D eigenvalue weighted by atomic mass is 35.5. The summed E-state index contributed by atoms with van der Waals surface area (Å²) >= 11 is 0. The minimum absolute atomic E-state index is 0. The molecule has 0 bridgehead atoms. The third-order valence-corrected chi connectivity index (χ3v) is 4.65. The van der Waals surface area contributed by atoms with Gasteiger partial charge in [-0.15, -0.1) is 12.4 Å². The zero-order valence-corrected chi connectivity index (χ0v) is 18.6. The van der Waals surface area contributed by atoms with Crippen LogP contribution in [-0.2, 0) is 19.4 Å². The summed E-state index contributed by atoms with van der Waals surface area (Å²) in [5.74, 6) is 0.789. The number of ether oxygens (including phenoxy) is 1. The van der Waals surface area contributed by atoms with Gasteiger partial charge in [0.2, 0.25) is 0 Å². The van der Waals surface area contributed by atoms with Gasteiger partial charge in [0, 0.05) is 30.4 Å². The van der Waals surface area contributed by atoms with E-state index in [1.165, 1.54) is 12.1 Å². The predicted molar refractivity (Wildman–Crippen MR) is 123 cm³/mol. The number of hydrogen-bond acceptors (Lipinski definition) is 3. The van der Waals surface area contributed by atoms with Crippen LogP contribution < -0.4 is 10.1 Å². The van der Waals surface area contributed by atoms with Crippen molar-refractivity contribution in [2.75, 3.05) is 6.54 Å². The van der Waals surface area contributed by atoms with Gasteiger partial charge in [-0.1, -0.05) is 32.0 Å². The molecule has 31 heavy (non-hydrogen) atoms. The highest BCUT2D eigenvalue weighted by Crippen LogP contribution is 2.24. The molecule has 0 saturated carbocycles. The standard InChI is InChI=1S/C25H27FN2O2.ClH/c1-18(2)15-21-16-20(25(29)28-14-12-23-5-3-4-13-27-23)8-11-24(21)30-17-19-6-9-22(26)10-7-19;/h3-11,13,16,18H,12,14-15,17H2,1-2H3,(H,28,29);1H. The summed E-state index contributed by atoms with van der Waals surface area (Å²) < 4.78 is 19.1. The van der Waals surface area contributed by atoms with Crippen LogP contribution in [0.25, 0.3) is 0 Å². The number of aromatic nitrogens is 1. The van der Waals surface area contributed by atoms with E-state index in [0.29, 0.717) is 31.1 Å². The molecular formula is C25H28ClFN2O2. The van der Waals surface area contributed by atoms with Crippen molar-refractivity contribution in [3.05, 3.63) is 95.1 Å². The number of hydrogen-bond donors (Lipinski definition) is 1. The molecule has 0 unspecified atom stereocenters. The topological polar surface area (TPSA) is 51.2 Å². The molecule has 164 valence electrons. The molecule has 0 aliphatic heterocycles. The van der Waals surface area contributed by atoms with E-state index in [0.717, 1.165) is 29.0 Å². The lowest BCUT2D eigenvalue weighted by Crippen LogP contribution is -2.26. The van der Waals surface area contributed by atoms with Crippen molar-refractivity contribution in [3.63, 3.8) is 0 Å². The number of benzene rings is 2. The van der Waals surface area contributed by atoms with Crippen LogP contribution in [0.2, 0.25) is 0 Å². The maximum absolute atomic E-state index is 13.1. The molecule has 1 aromatic heterocycles. The molecule has 1 N–H and O–H groups in total. The highest BCUT2D eigenvalue weighted by Gasteiger charge is 2.12. The molecular weight excluding hydrogens is 415 g/mol. The zero-order valence-electron chi connectivity index (χ0n) is 17.8. The van der Waals surface area contributed by atoms with Gasteiger partial charge in [-0.2, -0.15) is 0 Å². The van der Waals surface area contributed by atoms with Crippen molar-refractivity contribution in [2.24, 2.45) is 5.92 Å². The summed E-state index contributed by atoms with van der Waals surface area (Å²) in [7, 11) is 0. The number of nitrogens with zero attached hydrogens (tertiary/aromatic N) is 1. The molecule has 1 heterocycles. The number of nitrogens with one attached hydrogen (secondary N) is 1. The van der Waals surface area contributed by atoms with Crippen molar-refractivity contribution in [2.45, 2.75) is 33.3 Å². The smallest absolute Gasteiger partial charge is 0.251 e. The quantitative estimate of drug-likeness (QED) is 0.483. The first-order valence-corrected chi connectivity index (χ1v) is 10.2. The Bertz CT molecular complexity index is 963. The lowest BCUT2D eigenvalue weighted by molar-refractivity contribution is 0.0954. The van der Waals surface area contributed by atoms with Gasteiger partial charge in [-0.05, 0) is 65.9 Å². The van der Waals surface area contributed by atoms with E-state index in [2.05, 4.69) is 24.1 Å². The summed E-state index contributed by atoms with van der Waals surface area (Å²) in [6, 6.07) is 17.5. The molecule has 0 spiro atoms. The Morgan fingerprint density at radius 2 is 1.87 bits per heavy atom. The van der Waals surface area contributed by atoms with Crippen LogP contribution in [0.1, 0.15) is 41.0 Å². The molecule has 0 atom stereocenters. The third-order valence-electron chi connectivity index (χ3n) is 4.65. The number of pyridine rings is 1. The fourth-order valence-electron chi connectivity index (χ4n) is 3.15. The van der Waals surface area contributed by atoms with Crippen LogP contribution in [0.3, 0.4) is 0 Å². The first kappa shape index (κ1) is 24.4. The van der Waals surface area contributed by atoms with Crippen LogP contribution in [0.15, 0.2) is 66.9 Å². The van der Waals surface area contributed by atoms with E-state index in [4.69, 9.17) is 4.74 Å². The van der Waals surface area contributed by atoms with E-state index in [-0.39, 0.29) is 24.1 Å². The second-order valence-corrected chi connectivity index (χ2v) is 7.66. The van der Waals surface area contributed by atoms with Crippen LogP contribution in [-0.4, -0.2) is 17.4 Å². The van der Waals surface area contributed by atoms with Gasteiger partial charge in [0.05, 0.1) is 0 Å². The van der Waals surface area contributed by atoms with Crippen LogP contribution in [0.4, 0.5) is 4.39 Å².